The van der Waals surface area contributed by atoms with Crippen molar-refractivity contribution in [3.05, 3.63) is 11.1 Å². The van der Waals surface area contributed by atoms with Crippen LogP contribution in [0.1, 0.15) is 25.0 Å². The summed E-state index contributed by atoms with van der Waals surface area (Å²) < 4.78 is 14.6. The van der Waals surface area contributed by atoms with Gasteiger partial charge in [0.15, 0.2) is 5.13 Å². The van der Waals surface area contributed by atoms with Crippen molar-refractivity contribution < 1.29 is 9.18 Å². The zero-order valence-corrected chi connectivity index (χ0v) is 11.1. The second-order valence-electron chi connectivity index (χ2n) is 5.16. The van der Waals surface area contributed by atoms with Gasteiger partial charge in [-0.1, -0.05) is 0 Å². The first-order chi connectivity index (χ1) is 8.57. The number of thiazole rings is 1. The summed E-state index contributed by atoms with van der Waals surface area (Å²) in [6.07, 6.45) is 2.22. The molecule has 0 radical (unpaired) electrons. The molecule has 1 aromatic rings. The van der Waals surface area contributed by atoms with Gasteiger partial charge in [-0.3, -0.25) is 4.79 Å². The second kappa shape index (κ2) is 4.19. The molecule has 18 heavy (non-hydrogen) atoms. The quantitative estimate of drug-likeness (QED) is 0.907. The van der Waals surface area contributed by atoms with Crippen molar-refractivity contribution >= 4 is 22.4 Å². The molecule has 0 aromatic carbocycles. The molecule has 1 N–H and O–H groups in total. The molecular weight excluding hydrogens is 253 g/mol. The van der Waals surface area contributed by atoms with Crippen LogP contribution in [0.4, 0.5) is 9.52 Å². The SMILES string of the molecule is Cc1csc(N2CCC(F)(C(=O)NC3CC3)C2)n1. The molecule has 0 spiro atoms. The Morgan fingerprint density at radius 1 is 1.67 bits per heavy atom. The number of anilines is 1. The summed E-state index contributed by atoms with van der Waals surface area (Å²) in [5.41, 5.74) is -0.809. The summed E-state index contributed by atoms with van der Waals surface area (Å²) in [5.74, 6) is -0.444. The first-order valence-corrected chi connectivity index (χ1v) is 7.12. The molecule has 2 aliphatic rings. The standard InChI is InChI=1S/C12H16FN3OS/c1-8-6-18-11(14-8)16-5-4-12(13,7-16)10(17)15-9-2-3-9/h6,9H,2-5,7H2,1H3,(H,15,17). The molecule has 3 rings (SSSR count). The van der Waals surface area contributed by atoms with Crippen molar-refractivity contribution in [1.82, 2.24) is 10.3 Å². The molecule has 1 unspecified atom stereocenters. The first kappa shape index (κ1) is 11.9. The predicted molar refractivity (Wildman–Crippen MR) is 68.7 cm³/mol. The third kappa shape index (κ3) is 2.21. The van der Waals surface area contributed by atoms with E-state index in [-0.39, 0.29) is 19.0 Å². The molecule has 1 aliphatic heterocycles. The van der Waals surface area contributed by atoms with E-state index in [0.29, 0.717) is 6.54 Å². The number of aromatic nitrogens is 1. The number of alkyl halides is 1. The van der Waals surface area contributed by atoms with Crippen LogP contribution in [0.5, 0.6) is 0 Å². The van der Waals surface area contributed by atoms with Gasteiger partial charge < -0.3 is 10.2 Å². The summed E-state index contributed by atoms with van der Waals surface area (Å²) in [6.45, 7) is 2.60. The molecule has 6 heteroatoms. The normalized spacial score (nSPS) is 27.6. The lowest BCUT2D eigenvalue weighted by Gasteiger charge is -2.19. The van der Waals surface area contributed by atoms with Crippen LogP contribution >= 0.6 is 11.3 Å². The number of carbonyl (C=O) groups is 1. The Hall–Kier alpha value is -1.17. The fraction of sp³-hybridized carbons (Fsp3) is 0.667. The van der Waals surface area contributed by atoms with E-state index >= 15 is 0 Å². The molecule has 98 valence electrons. The zero-order valence-electron chi connectivity index (χ0n) is 10.3. The van der Waals surface area contributed by atoms with Crippen molar-refractivity contribution in [3.63, 3.8) is 0 Å². The van der Waals surface area contributed by atoms with E-state index in [1.54, 1.807) is 0 Å². The van der Waals surface area contributed by atoms with Crippen molar-refractivity contribution in [2.24, 2.45) is 0 Å². The van der Waals surface area contributed by atoms with Gasteiger partial charge in [0.1, 0.15) is 0 Å². The fourth-order valence-electron chi connectivity index (χ4n) is 2.15. The molecule has 1 aliphatic carbocycles. The van der Waals surface area contributed by atoms with Crippen LogP contribution in [0.15, 0.2) is 5.38 Å². The molecule has 1 saturated heterocycles. The van der Waals surface area contributed by atoms with Crippen molar-refractivity contribution in [3.8, 4) is 0 Å². The topological polar surface area (TPSA) is 45.2 Å². The van der Waals surface area contributed by atoms with Crippen molar-refractivity contribution in [2.45, 2.75) is 37.9 Å². The summed E-state index contributed by atoms with van der Waals surface area (Å²) in [5, 5.41) is 5.51. The van der Waals surface area contributed by atoms with Gasteiger partial charge in [-0.25, -0.2) is 9.37 Å². The maximum absolute atomic E-state index is 14.6. The average molecular weight is 269 g/mol. The van der Waals surface area contributed by atoms with Gasteiger partial charge in [0.05, 0.1) is 12.2 Å². The van der Waals surface area contributed by atoms with Gasteiger partial charge in [0.25, 0.3) is 5.91 Å². The van der Waals surface area contributed by atoms with Crippen molar-refractivity contribution in [2.75, 3.05) is 18.0 Å². The number of nitrogens with zero attached hydrogens (tertiary/aromatic N) is 2. The maximum Gasteiger partial charge on any atom is 0.259 e. The molecular formula is C12H16FN3OS. The van der Waals surface area contributed by atoms with E-state index < -0.39 is 11.6 Å². The molecule has 1 saturated carbocycles. The number of halogens is 1. The Morgan fingerprint density at radius 3 is 3.06 bits per heavy atom. The number of nitrogens with one attached hydrogen (secondary N) is 1. The first-order valence-electron chi connectivity index (χ1n) is 6.24. The molecule has 2 fully saturated rings. The minimum atomic E-state index is -1.75. The second-order valence-corrected chi connectivity index (χ2v) is 5.99. The van der Waals surface area contributed by atoms with Crippen LogP contribution in [0.3, 0.4) is 0 Å². The smallest absolute Gasteiger partial charge is 0.259 e. The van der Waals surface area contributed by atoms with Crippen LogP contribution in [-0.2, 0) is 4.79 Å². The minimum absolute atomic E-state index is 0.124. The lowest BCUT2D eigenvalue weighted by atomic mass is 10.1. The van der Waals surface area contributed by atoms with Gasteiger partial charge in [0, 0.05) is 24.4 Å². The highest BCUT2D eigenvalue weighted by atomic mass is 32.1. The van der Waals surface area contributed by atoms with E-state index in [2.05, 4.69) is 10.3 Å². The minimum Gasteiger partial charge on any atom is -0.351 e. The number of rotatable bonds is 3. The molecule has 0 bridgehead atoms. The maximum atomic E-state index is 14.6. The van der Waals surface area contributed by atoms with Crippen LogP contribution in [-0.4, -0.2) is 35.7 Å². The highest BCUT2D eigenvalue weighted by Crippen LogP contribution is 2.32. The highest BCUT2D eigenvalue weighted by Gasteiger charge is 2.47. The Balaban J connectivity index is 1.67. The summed E-state index contributed by atoms with van der Waals surface area (Å²) >= 11 is 1.50. The zero-order chi connectivity index (χ0) is 12.8. The number of carbonyl (C=O) groups excluding carboxylic acids is 1. The van der Waals surface area contributed by atoms with E-state index in [9.17, 15) is 9.18 Å². The monoisotopic (exact) mass is 269 g/mol. The highest BCUT2D eigenvalue weighted by molar-refractivity contribution is 7.13. The van der Waals surface area contributed by atoms with Crippen LogP contribution in [0.2, 0.25) is 0 Å². The van der Waals surface area contributed by atoms with Gasteiger partial charge >= 0.3 is 0 Å². The number of hydrogen-bond acceptors (Lipinski definition) is 4. The van der Waals surface area contributed by atoms with Crippen LogP contribution in [0.25, 0.3) is 0 Å². The van der Waals surface area contributed by atoms with Crippen molar-refractivity contribution in [1.29, 1.82) is 0 Å². The number of hydrogen-bond donors (Lipinski definition) is 1. The summed E-state index contributed by atoms with van der Waals surface area (Å²) in [6, 6.07) is 0.210. The third-order valence-corrected chi connectivity index (χ3v) is 4.44. The molecule has 2 heterocycles. The van der Waals surface area contributed by atoms with Gasteiger partial charge in [-0.15, -0.1) is 11.3 Å². The van der Waals surface area contributed by atoms with Gasteiger partial charge in [-0.05, 0) is 19.8 Å². The van der Waals surface area contributed by atoms with Gasteiger partial charge in [-0.2, -0.15) is 0 Å². The number of aryl methyl sites for hydroxylation is 1. The molecule has 1 amide bonds. The lowest BCUT2D eigenvalue weighted by molar-refractivity contribution is -0.131. The molecule has 1 atom stereocenters. The fourth-order valence-corrected chi connectivity index (χ4v) is 2.98. The molecule has 1 aromatic heterocycles. The van der Waals surface area contributed by atoms with E-state index in [0.717, 1.165) is 23.7 Å². The van der Waals surface area contributed by atoms with Crippen LogP contribution < -0.4 is 10.2 Å². The number of amides is 1. The van der Waals surface area contributed by atoms with Gasteiger partial charge in [0.2, 0.25) is 5.67 Å². The van der Waals surface area contributed by atoms with Crippen LogP contribution in [0, 0.1) is 6.92 Å². The molecule has 4 nitrogen and oxygen atoms in total. The third-order valence-electron chi connectivity index (χ3n) is 3.42. The van der Waals surface area contributed by atoms with E-state index in [1.807, 2.05) is 17.2 Å². The Bertz CT molecular complexity index is 474. The Morgan fingerprint density at radius 2 is 2.44 bits per heavy atom. The van der Waals surface area contributed by atoms with E-state index in [4.69, 9.17) is 0 Å². The largest absolute Gasteiger partial charge is 0.351 e. The van der Waals surface area contributed by atoms with E-state index in [1.165, 1.54) is 11.3 Å². The Kier molecular flexibility index (Phi) is 2.77. The summed E-state index contributed by atoms with van der Waals surface area (Å²) in [7, 11) is 0. The summed E-state index contributed by atoms with van der Waals surface area (Å²) in [4.78, 5) is 18.1. The predicted octanol–water partition coefficient (Wildman–Crippen LogP) is 1.65. The average Bonchev–Trinajstić information content (AvgIpc) is 2.87. The lowest BCUT2D eigenvalue weighted by Crippen LogP contribution is -2.46. The Labute approximate surface area is 109 Å².